The van der Waals surface area contributed by atoms with Crippen molar-refractivity contribution in [3.63, 3.8) is 0 Å². The largest absolute Gasteiger partial charge is 0.471 e. The van der Waals surface area contributed by atoms with Gasteiger partial charge < -0.3 is 4.74 Å². The Hall–Kier alpha value is -2.97. The van der Waals surface area contributed by atoms with Crippen LogP contribution < -0.4 is 5.56 Å². The average Bonchev–Trinajstić information content (AvgIpc) is 2.60. The van der Waals surface area contributed by atoms with E-state index in [4.69, 9.17) is 0 Å². The molecule has 152 valence electrons. The first-order chi connectivity index (χ1) is 13.0. The molecule has 1 aromatic rings. The third-order valence-corrected chi connectivity index (χ3v) is 3.15. The lowest BCUT2D eigenvalue weighted by atomic mass is 10.2. The first-order valence-corrected chi connectivity index (χ1v) is 8.33. The Morgan fingerprint density at radius 1 is 1.21 bits per heavy atom. The smallest absolute Gasteiger partial charge is 0.422 e. The third-order valence-electron chi connectivity index (χ3n) is 3.15. The quantitative estimate of drug-likeness (QED) is 0.395. The van der Waals surface area contributed by atoms with Crippen molar-refractivity contribution in [1.82, 2.24) is 9.78 Å². The van der Waals surface area contributed by atoms with Gasteiger partial charge in [0.1, 0.15) is 0 Å². The number of hydrogen-bond acceptors (Lipinski definition) is 5. The van der Waals surface area contributed by atoms with E-state index < -0.39 is 12.8 Å². The van der Waals surface area contributed by atoms with Crippen molar-refractivity contribution in [1.29, 1.82) is 0 Å². The second-order valence-electron chi connectivity index (χ2n) is 6.11. The van der Waals surface area contributed by atoms with Crippen LogP contribution in [0.3, 0.4) is 0 Å². The standard InChI is InChI=1S/C19H23F3N4O2/c1-6-16(10-24-15(5)28-12-19(20,21)22)17-7-8-18(27)26(25-17)11-14(4)9-23-13(2)3/h6-10H,1,11-12H2,2-5H3/b14-9+,16-10+,24-15?. The molecule has 0 fully saturated rings. The predicted molar refractivity (Wildman–Crippen MR) is 104 cm³/mol. The molecule has 1 heterocycles. The van der Waals surface area contributed by atoms with Crippen LogP contribution in [0.1, 0.15) is 33.4 Å². The van der Waals surface area contributed by atoms with Gasteiger partial charge in [-0.05, 0) is 32.4 Å². The van der Waals surface area contributed by atoms with E-state index >= 15 is 0 Å². The number of alkyl halides is 3. The Morgan fingerprint density at radius 3 is 2.46 bits per heavy atom. The number of aliphatic imine (C=N–C) groups is 2. The Labute approximate surface area is 161 Å². The van der Waals surface area contributed by atoms with Gasteiger partial charge in [-0.3, -0.25) is 9.79 Å². The van der Waals surface area contributed by atoms with Crippen LogP contribution in [-0.2, 0) is 11.3 Å². The molecule has 0 spiro atoms. The van der Waals surface area contributed by atoms with Crippen LogP contribution in [0.25, 0.3) is 5.57 Å². The van der Waals surface area contributed by atoms with Gasteiger partial charge in [0.05, 0.1) is 12.2 Å². The van der Waals surface area contributed by atoms with Crippen molar-refractivity contribution < 1.29 is 17.9 Å². The van der Waals surface area contributed by atoms with Gasteiger partial charge in [0.2, 0.25) is 0 Å². The van der Waals surface area contributed by atoms with Crippen molar-refractivity contribution in [2.75, 3.05) is 6.61 Å². The predicted octanol–water partition coefficient (Wildman–Crippen LogP) is 4.15. The fourth-order valence-corrected chi connectivity index (χ4v) is 1.84. The molecule has 28 heavy (non-hydrogen) atoms. The average molecular weight is 396 g/mol. The minimum atomic E-state index is -4.44. The summed E-state index contributed by atoms with van der Waals surface area (Å²) in [5.41, 5.74) is 2.22. The third kappa shape index (κ3) is 8.61. The first kappa shape index (κ1) is 23.1. The van der Waals surface area contributed by atoms with Crippen LogP contribution in [0.4, 0.5) is 13.2 Å². The lowest BCUT2D eigenvalue weighted by Crippen LogP contribution is -2.23. The van der Waals surface area contributed by atoms with Gasteiger partial charge in [-0.1, -0.05) is 12.7 Å². The highest BCUT2D eigenvalue weighted by atomic mass is 19.4. The maximum atomic E-state index is 12.2. The number of hydrogen-bond donors (Lipinski definition) is 0. The summed E-state index contributed by atoms with van der Waals surface area (Å²) in [5, 5.41) is 4.26. The highest BCUT2D eigenvalue weighted by Crippen LogP contribution is 2.15. The molecule has 0 aliphatic carbocycles. The van der Waals surface area contributed by atoms with Crippen molar-refractivity contribution in [3.05, 3.63) is 58.8 Å². The molecule has 9 heteroatoms. The zero-order chi connectivity index (χ0) is 21.3. The van der Waals surface area contributed by atoms with Gasteiger partial charge in [0, 0.05) is 36.7 Å². The summed E-state index contributed by atoms with van der Waals surface area (Å²) in [5.74, 6) is -0.156. The highest BCUT2D eigenvalue weighted by molar-refractivity contribution is 5.79. The molecule has 0 radical (unpaired) electrons. The van der Waals surface area contributed by atoms with E-state index in [1.54, 1.807) is 6.20 Å². The van der Waals surface area contributed by atoms with Crippen LogP contribution in [0.2, 0.25) is 0 Å². The number of halogens is 3. The maximum absolute atomic E-state index is 12.2. The van der Waals surface area contributed by atoms with Gasteiger partial charge in [-0.25, -0.2) is 9.67 Å². The van der Waals surface area contributed by atoms with E-state index in [-0.39, 0.29) is 18.0 Å². The second-order valence-corrected chi connectivity index (χ2v) is 6.11. The van der Waals surface area contributed by atoms with Crippen molar-refractivity contribution in [3.8, 4) is 0 Å². The van der Waals surface area contributed by atoms with Gasteiger partial charge in [-0.2, -0.15) is 18.3 Å². The molecule has 0 unspecified atom stereocenters. The maximum Gasteiger partial charge on any atom is 0.422 e. The number of rotatable bonds is 7. The summed E-state index contributed by atoms with van der Waals surface area (Å²) < 4.78 is 42.3. The van der Waals surface area contributed by atoms with Gasteiger partial charge in [0.25, 0.3) is 5.56 Å². The summed E-state index contributed by atoms with van der Waals surface area (Å²) in [6.45, 7) is 9.31. The summed E-state index contributed by atoms with van der Waals surface area (Å²) in [7, 11) is 0. The minimum absolute atomic E-state index is 0.156. The van der Waals surface area contributed by atoms with Crippen molar-refractivity contribution >= 4 is 17.2 Å². The number of allylic oxidation sites excluding steroid dienone is 3. The summed E-state index contributed by atoms with van der Waals surface area (Å²) in [6, 6.07) is 2.83. The molecule has 0 bridgehead atoms. The topological polar surface area (TPSA) is 68.8 Å². The zero-order valence-corrected chi connectivity index (χ0v) is 16.2. The van der Waals surface area contributed by atoms with Crippen LogP contribution >= 0.6 is 0 Å². The number of nitrogens with zero attached hydrogens (tertiary/aromatic N) is 4. The van der Waals surface area contributed by atoms with Crippen molar-refractivity contribution in [2.45, 2.75) is 40.4 Å². The molecule has 0 aliphatic heterocycles. The first-order valence-electron chi connectivity index (χ1n) is 8.33. The van der Waals surface area contributed by atoms with Crippen molar-refractivity contribution in [2.24, 2.45) is 9.98 Å². The van der Waals surface area contributed by atoms with E-state index in [0.29, 0.717) is 11.3 Å². The Balaban J connectivity index is 3.07. The normalized spacial score (nSPS) is 13.3. The molecule has 6 nitrogen and oxygen atoms in total. The van der Waals surface area contributed by atoms with Crippen LogP contribution in [0.15, 0.2) is 57.5 Å². The zero-order valence-electron chi connectivity index (χ0n) is 16.2. The summed E-state index contributed by atoms with van der Waals surface area (Å²) in [4.78, 5) is 20.1. The van der Waals surface area contributed by atoms with Crippen LogP contribution in [0, 0.1) is 0 Å². The van der Waals surface area contributed by atoms with Gasteiger partial charge in [0.15, 0.2) is 12.5 Å². The highest BCUT2D eigenvalue weighted by Gasteiger charge is 2.28. The number of ether oxygens (including phenoxy) is 1. The molecule has 1 aromatic heterocycles. The molecule has 0 saturated heterocycles. The minimum Gasteiger partial charge on any atom is -0.471 e. The SMILES string of the molecule is C=C/C(=C\N=C(C)OCC(F)(F)F)c1ccc(=O)n(C/C(C)=C/N=C(C)C)n1. The lowest BCUT2D eigenvalue weighted by Gasteiger charge is -2.08. The molecule has 0 N–H and O–H groups in total. The Bertz CT molecular complexity index is 874. The number of aromatic nitrogens is 2. The summed E-state index contributed by atoms with van der Waals surface area (Å²) >= 11 is 0. The van der Waals surface area contributed by atoms with E-state index in [1.807, 2.05) is 20.8 Å². The molecule has 1 rings (SSSR count). The van der Waals surface area contributed by atoms with Gasteiger partial charge >= 0.3 is 6.18 Å². The molecule has 0 amide bonds. The Morgan fingerprint density at radius 2 is 1.89 bits per heavy atom. The van der Waals surface area contributed by atoms with Crippen LogP contribution in [-0.4, -0.2) is 34.2 Å². The fraction of sp³-hybridized carbons (Fsp3) is 0.368. The second kappa shape index (κ2) is 10.4. The van der Waals surface area contributed by atoms with Gasteiger partial charge in [-0.15, -0.1) is 0 Å². The fourth-order valence-electron chi connectivity index (χ4n) is 1.84. The van der Waals surface area contributed by atoms with E-state index in [9.17, 15) is 18.0 Å². The van der Waals surface area contributed by atoms with E-state index in [2.05, 4.69) is 26.4 Å². The summed E-state index contributed by atoms with van der Waals surface area (Å²) in [6.07, 6.45) is -0.0645. The molecular formula is C19H23F3N4O2. The lowest BCUT2D eigenvalue weighted by molar-refractivity contribution is -0.156. The van der Waals surface area contributed by atoms with E-state index in [0.717, 1.165) is 11.3 Å². The monoisotopic (exact) mass is 396 g/mol. The van der Waals surface area contributed by atoms with E-state index in [1.165, 1.54) is 36.0 Å². The molecule has 0 saturated carbocycles. The molecule has 0 aromatic carbocycles. The molecular weight excluding hydrogens is 373 g/mol. The molecule has 0 aliphatic rings. The van der Waals surface area contributed by atoms with Crippen LogP contribution in [0.5, 0.6) is 0 Å². The molecule has 0 atom stereocenters. The Kier molecular flexibility index (Phi) is 8.56.